The van der Waals surface area contributed by atoms with Gasteiger partial charge in [-0.25, -0.2) is 4.99 Å². The summed E-state index contributed by atoms with van der Waals surface area (Å²) >= 11 is 1.32. The molecule has 1 saturated heterocycles. The van der Waals surface area contributed by atoms with Gasteiger partial charge in [-0.15, -0.1) is 0 Å². The second-order valence-corrected chi connectivity index (χ2v) is 7.09. The van der Waals surface area contributed by atoms with Gasteiger partial charge in [0, 0.05) is 0 Å². The number of amidine groups is 1. The Hall–Kier alpha value is -2.99. The van der Waals surface area contributed by atoms with Gasteiger partial charge < -0.3 is 14.8 Å². The van der Waals surface area contributed by atoms with Crippen molar-refractivity contribution in [1.29, 1.82) is 0 Å². The van der Waals surface area contributed by atoms with Gasteiger partial charge in [0.15, 0.2) is 16.7 Å². The van der Waals surface area contributed by atoms with Crippen LogP contribution in [0.4, 0.5) is 5.69 Å². The van der Waals surface area contributed by atoms with Gasteiger partial charge >= 0.3 is 0 Å². The summed E-state index contributed by atoms with van der Waals surface area (Å²) in [4.78, 5) is 17.4. The van der Waals surface area contributed by atoms with Crippen LogP contribution in [0.25, 0.3) is 6.08 Å². The molecule has 144 valence electrons. The fraction of sp³-hybridized carbons (Fsp3) is 0.182. The van der Waals surface area contributed by atoms with Crippen LogP contribution in [0.15, 0.2) is 65.0 Å². The maximum atomic E-state index is 12.3. The molecule has 0 aromatic heterocycles. The summed E-state index contributed by atoms with van der Waals surface area (Å²) in [6.07, 6.45) is 3.50. The highest BCUT2D eigenvalue weighted by Crippen LogP contribution is 2.32. The molecule has 0 atom stereocenters. The number of carbonyl (C=O) groups is 1. The number of benzene rings is 2. The van der Waals surface area contributed by atoms with E-state index in [0.717, 1.165) is 11.3 Å². The first-order valence-electron chi connectivity index (χ1n) is 8.96. The zero-order chi connectivity index (χ0) is 19.9. The third-order valence-corrected chi connectivity index (χ3v) is 4.75. The van der Waals surface area contributed by atoms with Gasteiger partial charge in [-0.1, -0.05) is 36.4 Å². The van der Waals surface area contributed by atoms with Crippen molar-refractivity contribution in [3.05, 3.63) is 71.2 Å². The molecule has 1 fully saturated rings. The van der Waals surface area contributed by atoms with E-state index in [9.17, 15) is 4.79 Å². The Bertz CT molecular complexity index is 933. The van der Waals surface area contributed by atoms with E-state index in [1.807, 2.05) is 62.4 Å². The minimum absolute atomic E-state index is 0.166. The molecule has 0 unspecified atom stereocenters. The Morgan fingerprint density at radius 3 is 2.64 bits per heavy atom. The van der Waals surface area contributed by atoms with Crippen LogP contribution in [0.3, 0.4) is 0 Å². The monoisotopic (exact) mass is 394 g/mol. The lowest BCUT2D eigenvalue weighted by atomic mass is 10.2. The average molecular weight is 394 g/mol. The number of ether oxygens (including phenoxy) is 2. The summed E-state index contributed by atoms with van der Waals surface area (Å²) in [6.45, 7) is 8.51. The molecule has 2 aromatic carbocycles. The third-order valence-electron chi connectivity index (χ3n) is 3.84. The maximum absolute atomic E-state index is 12.3. The minimum atomic E-state index is -0.166. The molecular weight excluding hydrogens is 372 g/mol. The van der Waals surface area contributed by atoms with Crippen LogP contribution in [-0.4, -0.2) is 24.3 Å². The Balaban J connectivity index is 1.80. The van der Waals surface area contributed by atoms with Crippen molar-refractivity contribution >= 4 is 34.6 Å². The van der Waals surface area contributed by atoms with E-state index in [1.54, 1.807) is 6.08 Å². The molecule has 6 heteroatoms. The standard InChI is InChI=1S/C22H22N2O3S/c1-4-12-27-18-11-8-16(13-19(18)26-5-2)14-20-21(25)24-22(28-20)23-17-9-6-15(3)7-10-17/h4,6-11,13-14H,1,5,12H2,2-3H3,(H,23,24,25). The van der Waals surface area contributed by atoms with E-state index in [-0.39, 0.29) is 5.91 Å². The van der Waals surface area contributed by atoms with Crippen molar-refractivity contribution in [2.24, 2.45) is 4.99 Å². The molecular formula is C22H22N2O3S. The first kappa shape index (κ1) is 19.8. The van der Waals surface area contributed by atoms with Crippen LogP contribution < -0.4 is 14.8 Å². The Labute approximate surface area is 169 Å². The van der Waals surface area contributed by atoms with Gasteiger partial charge in [0.05, 0.1) is 17.2 Å². The zero-order valence-corrected chi connectivity index (χ0v) is 16.7. The highest BCUT2D eigenvalue weighted by atomic mass is 32.2. The van der Waals surface area contributed by atoms with Crippen molar-refractivity contribution in [3.8, 4) is 11.5 Å². The number of rotatable bonds is 7. The van der Waals surface area contributed by atoms with Crippen molar-refractivity contribution in [2.75, 3.05) is 13.2 Å². The number of amides is 1. The van der Waals surface area contributed by atoms with Crippen LogP contribution in [0.5, 0.6) is 11.5 Å². The van der Waals surface area contributed by atoms with Gasteiger partial charge in [-0.05, 0) is 61.5 Å². The largest absolute Gasteiger partial charge is 0.490 e. The molecule has 28 heavy (non-hydrogen) atoms. The number of thioether (sulfide) groups is 1. The molecule has 0 aliphatic carbocycles. The van der Waals surface area contributed by atoms with E-state index in [4.69, 9.17) is 9.47 Å². The smallest absolute Gasteiger partial charge is 0.264 e. The van der Waals surface area contributed by atoms with Crippen LogP contribution in [0.1, 0.15) is 18.1 Å². The van der Waals surface area contributed by atoms with Crippen molar-refractivity contribution < 1.29 is 14.3 Å². The van der Waals surface area contributed by atoms with Crippen molar-refractivity contribution in [1.82, 2.24) is 5.32 Å². The highest BCUT2D eigenvalue weighted by molar-refractivity contribution is 8.18. The lowest BCUT2D eigenvalue weighted by Gasteiger charge is -2.11. The zero-order valence-electron chi connectivity index (χ0n) is 15.9. The number of aryl methyl sites for hydroxylation is 1. The molecule has 0 bridgehead atoms. The first-order chi connectivity index (χ1) is 13.6. The SMILES string of the molecule is C=CCOc1ccc(C=C2SC(=Nc3ccc(C)cc3)NC2=O)cc1OCC. The lowest BCUT2D eigenvalue weighted by Crippen LogP contribution is -2.19. The number of nitrogens with one attached hydrogen (secondary N) is 1. The molecule has 5 nitrogen and oxygen atoms in total. The Kier molecular flexibility index (Phi) is 6.55. The van der Waals surface area contributed by atoms with Crippen LogP contribution in [0, 0.1) is 6.92 Å². The van der Waals surface area contributed by atoms with E-state index in [0.29, 0.717) is 34.8 Å². The fourth-order valence-electron chi connectivity index (χ4n) is 2.52. The number of carbonyl (C=O) groups excluding carboxylic acids is 1. The minimum Gasteiger partial charge on any atom is -0.490 e. The molecule has 1 N–H and O–H groups in total. The molecule has 1 heterocycles. The summed E-state index contributed by atoms with van der Waals surface area (Å²) < 4.78 is 11.3. The maximum Gasteiger partial charge on any atom is 0.264 e. The van der Waals surface area contributed by atoms with Gasteiger partial charge in [0.25, 0.3) is 5.91 Å². The normalized spacial score (nSPS) is 16.3. The molecule has 2 aromatic rings. The molecule has 0 saturated carbocycles. The van der Waals surface area contributed by atoms with Crippen LogP contribution in [0.2, 0.25) is 0 Å². The molecule has 0 radical (unpaired) electrons. The van der Waals surface area contributed by atoms with Crippen LogP contribution >= 0.6 is 11.8 Å². The van der Waals surface area contributed by atoms with Crippen molar-refractivity contribution in [2.45, 2.75) is 13.8 Å². The lowest BCUT2D eigenvalue weighted by molar-refractivity contribution is -0.115. The topological polar surface area (TPSA) is 59.9 Å². The summed E-state index contributed by atoms with van der Waals surface area (Å²) in [5, 5.41) is 3.37. The second kappa shape index (κ2) is 9.28. The summed E-state index contributed by atoms with van der Waals surface area (Å²) in [6, 6.07) is 13.4. The van der Waals surface area contributed by atoms with E-state index in [2.05, 4.69) is 16.9 Å². The Morgan fingerprint density at radius 2 is 1.93 bits per heavy atom. The fourth-order valence-corrected chi connectivity index (χ4v) is 3.36. The molecule has 1 aliphatic rings. The molecule has 1 aliphatic heterocycles. The molecule has 3 rings (SSSR count). The quantitative estimate of drug-likeness (QED) is 0.539. The number of hydrogen-bond donors (Lipinski definition) is 1. The van der Waals surface area contributed by atoms with E-state index < -0.39 is 0 Å². The Morgan fingerprint density at radius 1 is 1.14 bits per heavy atom. The first-order valence-corrected chi connectivity index (χ1v) is 9.77. The van der Waals surface area contributed by atoms with E-state index in [1.165, 1.54) is 17.3 Å². The number of nitrogens with zero attached hydrogens (tertiary/aromatic N) is 1. The number of hydrogen-bond acceptors (Lipinski definition) is 5. The third kappa shape index (κ3) is 5.04. The summed E-state index contributed by atoms with van der Waals surface area (Å²) in [7, 11) is 0. The van der Waals surface area contributed by atoms with Gasteiger partial charge in [-0.3, -0.25) is 4.79 Å². The molecule has 0 spiro atoms. The average Bonchev–Trinajstić information content (AvgIpc) is 3.02. The van der Waals surface area contributed by atoms with Gasteiger partial charge in [-0.2, -0.15) is 0 Å². The summed E-state index contributed by atoms with van der Waals surface area (Å²) in [5.41, 5.74) is 2.82. The predicted octanol–water partition coefficient (Wildman–Crippen LogP) is 4.85. The highest BCUT2D eigenvalue weighted by Gasteiger charge is 2.24. The second-order valence-electron chi connectivity index (χ2n) is 6.06. The van der Waals surface area contributed by atoms with E-state index >= 15 is 0 Å². The van der Waals surface area contributed by atoms with Gasteiger partial charge in [0.1, 0.15) is 6.61 Å². The number of aliphatic imine (C=N–C) groups is 1. The van der Waals surface area contributed by atoms with Crippen LogP contribution in [-0.2, 0) is 4.79 Å². The summed E-state index contributed by atoms with van der Waals surface area (Å²) in [5.74, 6) is 1.12. The van der Waals surface area contributed by atoms with Crippen molar-refractivity contribution in [3.63, 3.8) is 0 Å². The predicted molar refractivity (Wildman–Crippen MR) is 115 cm³/mol. The van der Waals surface area contributed by atoms with Gasteiger partial charge in [0.2, 0.25) is 0 Å². The molecule has 1 amide bonds.